The first kappa shape index (κ1) is 12.5. The van der Waals surface area contributed by atoms with Crippen LogP contribution in [-0.4, -0.2) is 19.7 Å². The molecular weight excluding hydrogens is 264 g/mol. The number of nitrogens with zero attached hydrogens (tertiary/aromatic N) is 4. The van der Waals surface area contributed by atoms with Crippen molar-refractivity contribution in [1.29, 1.82) is 0 Å². The van der Waals surface area contributed by atoms with Crippen molar-refractivity contribution < 1.29 is 8.78 Å². The summed E-state index contributed by atoms with van der Waals surface area (Å²) in [6, 6.07) is 3.35. The van der Waals surface area contributed by atoms with Crippen molar-refractivity contribution >= 4 is 16.9 Å². The van der Waals surface area contributed by atoms with Crippen molar-refractivity contribution in [3.8, 4) is 0 Å². The highest BCUT2D eigenvalue weighted by atomic mass is 19.1. The highest BCUT2D eigenvalue weighted by Crippen LogP contribution is 2.19. The minimum atomic E-state index is -0.475. The zero-order valence-electron chi connectivity index (χ0n) is 10.6. The van der Waals surface area contributed by atoms with Crippen LogP contribution < -0.4 is 5.32 Å². The van der Waals surface area contributed by atoms with E-state index in [2.05, 4.69) is 20.4 Å². The summed E-state index contributed by atoms with van der Waals surface area (Å²) in [7, 11) is 1.77. The number of benzene rings is 1. The molecule has 0 bridgehead atoms. The van der Waals surface area contributed by atoms with Crippen LogP contribution in [0.2, 0.25) is 0 Å². The summed E-state index contributed by atoms with van der Waals surface area (Å²) in [5.41, 5.74) is 0.905. The fourth-order valence-electron chi connectivity index (χ4n) is 1.96. The largest absolute Gasteiger partial charge is 0.365 e. The molecule has 3 aromatic rings. The lowest BCUT2D eigenvalue weighted by atomic mass is 10.2. The van der Waals surface area contributed by atoms with E-state index in [-0.39, 0.29) is 12.1 Å². The number of halogens is 2. The monoisotopic (exact) mass is 275 g/mol. The molecule has 0 aliphatic heterocycles. The lowest BCUT2D eigenvalue weighted by Crippen LogP contribution is -2.05. The molecule has 1 N–H and O–H groups in total. The van der Waals surface area contributed by atoms with Gasteiger partial charge in [-0.15, -0.1) is 0 Å². The Kier molecular flexibility index (Phi) is 3.02. The lowest BCUT2D eigenvalue weighted by Gasteiger charge is -2.07. The Labute approximate surface area is 113 Å². The molecule has 0 unspecified atom stereocenters. The number of anilines is 1. The van der Waals surface area contributed by atoms with Gasteiger partial charge in [-0.25, -0.2) is 18.7 Å². The van der Waals surface area contributed by atoms with Gasteiger partial charge in [-0.1, -0.05) is 0 Å². The fourth-order valence-corrected chi connectivity index (χ4v) is 1.96. The average Bonchev–Trinajstić information content (AvgIpc) is 2.82. The molecule has 0 radical (unpaired) electrons. The van der Waals surface area contributed by atoms with Crippen LogP contribution in [0.25, 0.3) is 11.0 Å². The van der Waals surface area contributed by atoms with Crippen LogP contribution in [0.3, 0.4) is 0 Å². The highest BCUT2D eigenvalue weighted by Gasteiger charge is 2.09. The predicted octanol–water partition coefficient (Wildman–Crippen LogP) is 2.25. The van der Waals surface area contributed by atoms with Gasteiger partial charge in [0.05, 0.1) is 11.6 Å². The maximum Gasteiger partial charge on any atom is 0.163 e. The van der Waals surface area contributed by atoms with E-state index in [0.29, 0.717) is 11.5 Å². The number of nitrogens with one attached hydrogen (secondary N) is 1. The van der Waals surface area contributed by atoms with Crippen LogP contribution in [-0.2, 0) is 13.6 Å². The molecule has 7 heteroatoms. The third kappa shape index (κ3) is 2.18. The Balaban J connectivity index is 1.88. The molecule has 3 rings (SSSR count). The van der Waals surface area contributed by atoms with Crippen LogP contribution in [0.15, 0.2) is 30.7 Å². The topological polar surface area (TPSA) is 55.6 Å². The smallest absolute Gasteiger partial charge is 0.163 e. The van der Waals surface area contributed by atoms with Crippen LogP contribution in [0.1, 0.15) is 5.56 Å². The molecule has 2 heterocycles. The van der Waals surface area contributed by atoms with E-state index in [1.807, 2.05) is 0 Å². The first-order chi connectivity index (χ1) is 9.65. The summed E-state index contributed by atoms with van der Waals surface area (Å²) in [5, 5.41) is 7.79. The molecule has 102 valence electrons. The summed E-state index contributed by atoms with van der Waals surface area (Å²) < 4.78 is 28.2. The summed E-state index contributed by atoms with van der Waals surface area (Å²) >= 11 is 0. The average molecular weight is 275 g/mol. The van der Waals surface area contributed by atoms with Crippen molar-refractivity contribution in [2.75, 3.05) is 5.32 Å². The predicted molar refractivity (Wildman–Crippen MR) is 70.0 cm³/mol. The van der Waals surface area contributed by atoms with Crippen molar-refractivity contribution in [2.24, 2.45) is 7.05 Å². The van der Waals surface area contributed by atoms with Gasteiger partial charge in [-0.3, -0.25) is 4.68 Å². The highest BCUT2D eigenvalue weighted by molar-refractivity contribution is 5.85. The molecule has 2 aromatic heterocycles. The molecule has 0 spiro atoms. The number of fused-ring (bicyclic) bond motifs is 1. The van der Waals surface area contributed by atoms with Gasteiger partial charge in [0.15, 0.2) is 5.65 Å². The van der Waals surface area contributed by atoms with Gasteiger partial charge in [0, 0.05) is 19.2 Å². The first-order valence-electron chi connectivity index (χ1n) is 5.95. The van der Waals surface area contributed by atoms with E-state index < -0.39 is 11.6 Å². The second-order valence-corrected chi connectivity index (χ2v) is 4.32. The third-order valence-electron chi connectivity index (χ3n) is 2.98. The second-order valence-electron chi connectivity index (χ2n) is 4.32. The van der Waals surface area contributed by atoms with Gasteiger partial charge in [-0.05, 0) is 18.2 Å². The van der Waals surface area contributed by atoms with Gasteiger partial charge >= 0.3 is 0 Å². The molecular formula is C13H11F2N5. The molecule has 0 saturated carbocycles. The Morgan fingerprint density at radius 1 is 1.25 bits per heavy atom. The maximum atomic E-state index is 13.5. The van der Waals surface area contributed by atoms with E-state index in [4.69, 9.17) is 0 Å². The summed E-state index contributed by atoms with van der Waals surface area (Å²) in [6.07, 6.45) is 3.02. The normalized spacial score (nSPS) is 10.9. The van der Waals surface area contributed by atoms with Crippen LogP contribution in [0, 0.1) is 11.6 Å². The van der Waals surface area contributed by atoms with Gasteiger partial charge in [0.1, 0.15) is 23.8 Å². The van der Waals surface area contributed by atoms with E-state index in [0.717, 1.165) is 23.6 Å². The molecule has 5 nitrogen and oxygen atoms in total. The summed E-state index contributed by atoms with van der Waals surface area (Å²) in [4.78, 5) is 8.20. The first-order valence-corrected chi connectivity index (χ1v) is 5.95. The molecule has 1 aromatic carbocycles. The number of aryl methyl sites for hydroxylation is 1. The third-order valence-corrected chi connectivity index (χ3v) is 2.98. The SMILES string of the molecule is Cn1ncc2c(NCc3cc(F)ccc3F)ncnc21. The fraction of sp³-hybridized carbons (Fsp3) is 0.154. The summed E-state index contributed by atoms with van der Waals surface area (Å²) in [6.45, 7) is 0.130. The molecule has 0 aliphatic rings. The lowest BCUT2D eigenvalue weighted by molar-refractivity contribution is 0.587. The van der Waals surface area contributed by atoms with E-state index >= 15 is 0 Å². The minimum Gasteiger partial charge on any atom is -0.365 e. The van der Waals surface area contributed by atoms with Crippen molar-refractivity contribution in [3.05, 3.63) is 47.9 Å². The molecule has 0 fully saturated rings. The van der Waals surface area contributed by atoms with Gasteiger partial charge < -0.3 is 5.32 Å². The molecule has 0 saturated heterocycles. The van der Waals surface area contributed by atoms with Gasteiger partial charge in [-0.2, -0.15) is 5.10 Å². The van der Waals surface area contributed by atoms with Crippen LogP contribution in [0.4, 0.5) is 14.6 Å². The Hall–Kier alpha value is -2.57. The molecule has 0 amide bonds. The maximum absolute atomic E-state index is 13.5. The Bertz CT molecular complexity index is 769. The number of hydrogen-bond donors (Lipinski definition) is 1. The quantitative estimate of drug-likeness (QED) is 0.796. The zero-order chi connectivity index (χ0) is 14.1. The van der Waals surface area contributed by atoms with E-state index in [1.54, 1.807) is 17.9 Å². The molecule has 0 aliphatic carbocycles. The number of aromatic nitrogens is 4. The number of rotatable bonds is 3. The van der Waals surface area contributed by atoms with E-state index in [9.17, 15) is 8.78 Å². The Morgan fingerprint density at radius 3 is 2.95 bits per heavy atom. The van der Waals surface area contributed by atoms with Crippen molar-refractivity contribution in [2.45, 2.75) is 6.54 Å². The minimum absolute atomic E-state index is 0.130. The van der Waals surface area contributed by atoms with Crippen LogP contribution >= 0.6 is 0 Å². The van der Waals surface area contributed by atoms with Gasteiger partial charge in [0.25, 0.3) is 0 Å². The second kappa shape index (κ2) is 4.84. The van der Waals surface area contributed by atoms with E-state index in [1.165, 1.54) is 6.33 Å². The molecule has 0 atom stereocenters. The standard InChI is InChI=1S/C13H11F2N5/c1-20-13-10(6-19-20)12(17-7-18-13)16-5-8-4-9(14)2-3-11(8)15/h2-4,6-7H,5H2,1H3,(H,16,17,18). The molecule has 20 heavy (non-hydrogen) atoms. The van der Waals surface area contributed by atoms with Gasteiger partial charge in [0.2, 0.25) is 0 Å². The van der Waals surface area contributed by atoms with Crippen molar-refractivity contribution in [1.82, 2.24) is 19.7 Å². The van der Waals surface area contributed by atoms with Crippen LogP contribution in [0.5, 0.6) is 0 Å². The zero-order valence-corrected chi connectivity index (χ0v) is 10.6. The summed E-state index contributed by atoms with van der Waals surface area (Å²) in [5.74, 6) is -0.403. The number of hydrogen-bond acceptors (Lipinski definition) is 4. The Morgan fingerprint density at radius 2 is 2.10 bits per heavy atom. The van der Waals surface area contributed by atoms with Crippen molar-refractivity contribution in [3.63, 3.8) is 0 Å².